The molecule has 0 bridgehead atoms. The second-order valence-electron chi connectivity index (χ2n) is 4.81. The van der Waals surface area contributed by atoms with Crippen molar-refractivity contribution in [3.8, 4) is 0 Å². The first-order valence-electron chi connectivity index (χ1n) is 6.66. The van der Waals surface area contributed by atoms with Gasteiger partial charge < -0.3 is 0 Å². The predicted octanol–water partition coefficient (Wildman–Crippen LogP) is 2.78. The molecule has 0 saturated carbocycles. The summed E-state index contributed by atoms with van der Waals surface area (Å²) < 4.78 is 1.91. The van der Waals surface area contributed by atoms with Gasteiger partial charge in [0.1, 0.15) is 0 Å². The molecule has 0 amide bonds. The van der Waals surface area contributed by atoms with Crippen molar-refractivity contribution in [2.75, 3.05) is 0 Å². The maximum atomic E-state index is 6.30. The third-order valence-electron chi connectivity index (χ3n) is 3.65. The number of rotatable bonds is 4. The molecule has 1 aromatic carbocycles. The number of hydrogen-bond acceptors (Lipinski definition) is 4. The monoisotopic (exact) mass is 308 g/mol. The highest BCUT2D eigenvalue weighted by atomic mass is 35.5. The number of aromatic nitrogens is 2. The van der Waals surface area contributed by atoms with Gasteiger partial charge in [-0.15, -0.1) is 11.8 Å². The van der Waals surface area contributed by atoms with Gasteiger partial charge in [0.15, 0.2) is 0 Å². The maximum absolute atomic E-state index is 6.30. The van der Waals surface area contributed by atoms with E-state index < -0.39 is 0 Å². The average Bonchev–Trinajstić information content (AvgIpc) is 3.04. The molecule has 20 heavy (non-hydrogen) atoms. The minimum Gasteiger partial charge on any atom is -0.271 e. The summed E-state index contributed by atoms with van der Waals surface area (Å²) >= 11 is 8.15. The Hall–Kier alpha value is -1.01. The highest BCUT2D eigenvalue weighted by Gasteiger charge is 2.33. The second-order valence-corrected chi connectivity index (χ2v) is 6.49. The number of nitrogens with zero attached hydrogens (tertiary/aromatic N) is 2. The Bertz CT molecular complexity index is 588. The van der Waals surface area contributed by atoms with Gasteiger partial charge in [-0.2, -0.15) is 5.10 Å². The van der Waals surface area contributed by atoms with Gasteiger partial charge in [0, 0.05) is 16.7 Å². The minimum atomic E-state index is -0.0117. The van der Waals surface area contributed by atoms with Crippen molar-refractivity contribution in [1.82, 2.24) is 15.2 Å². The van der Waals surface area contributed by atoms with Crippen LogP contribution in [0.4, 0.5) is 0 Å². The van der Waals surface area contributed by atoms with Crippen molar-refractivity contribution in [2.45, 2.75) is 36.1 Å². The Morgan fingerprint density at radius 2 is 2.35 bits per heavy atom. The summed E-state index contributed by atoms with van der Waals surface area (Å²) in [7, 11) is 0. The van der Waals surface area contributed by atoms with Crippen LogP contribution < -0.4 is 11.3 Å². The number of thioether (sulfide) groups is 1. The molecular formula is C14H17ClN4S. The molecule has 0 fully saturated rings. The zero-order chi connectivity index (χ0) is 14.1. The lowest BCUT2D eigenvalue weighted by Crippen LogP contribution is -2.36. The molecule has 1 aromatic heterocycles. The zero-order valence-electron chi connectivity index (χ0n) is 11.2. The summed E-state index contributed by atoms with van der Waals surface area (Å²) in [6.45, 7) is 2.83. The fraction of sp³-hybridized carbons (Fsp3) is 0.357. The lowest BCUT2D eigenvalue weighted by atomic mass is 10.0. The van der Waals surface area contributed by atoms with E-state index in [-0.39, 0.29) is 6.04 Å². The van der Waals surface area contributed by atoms with E-state index in [1.54, 1.807) is 6.20 Å². The summed E-state index contributed by atoms with van der Waals surface area (Å²) in [6, 6.07) is 8.47. The molecule has 0 saturated heterocycles. The van der Waals surface area contributed by atoms with Crippen LogP contribution in [0.25, 0.3) is 0 Å². The van der Waals surface area contributed by atoms with Gasteiger partial charge in [-0.3, -0.25) is 16.0 Å². The van der Waals surface area contributed by atoms with E-state index in [1.165, 1.54) is 10.5 Å². The number of hydrogen-bond donors (Lipinski definition) is 2. The first-order valence-corrected chi connectivity index (χ1v) is 7.92. The fourth-order valence-corrected chi connectivity index (χ4v) is 4.34. The molecule has 2 unspecified atom stereocenters. The molecule has 4 nitrogen and oxygen atoms in total. The molecule has 6 heteroatoms. The van der Waals surface area contributed by atoms with E-state index in [9.17, 15) is 0 Å². The molecule has 0 aliphatic carbocycles. The number of fused-ring (bicyclic) bond motifs is 1. The number of benzene rings is 1. The lowest BCUT2D eigenvalue weighted by Gasteiger charge is -2.23. The van der Waals surface area contributed by atoms with Crippen LogP contribution in [0.1, 0.15) is 24.2 Å². The second kappa shape index (κ2) is 5.77. The molecule has 106 valence electrons. The fourth-order valence-electron chi connectivity index (χ4n) is 2.69. The van der Waals surface area contributed by atoms with Crippen molar-refractivity contribution >= 4 is 23.4 Å². The van der Waals surface area contributed by atoms with E-state index in [1.807, 2.05) is 16.4 Å². The van der Waals surface area contributed by atoms with Gasteiger partial charge in [-0.25, -0.2) is 0 Å². The first kappa shape index (κ1) is 13.9. The zero-order valence-corrected chi connectivity index (χ0v) is 12.8. The largest absolute Gasteiger partial charge is 0.271 e. The number of aryl methyl sites for hydroxylation is 1. The highest BCUT2D eigenvalue weighted by molar-refractivity contribution is 8.00. The van der Waals surface area contributed by atoms with E-state index in [2.05, 4.69) is 41.7 Å². The van der Waals surface area contributed by atoms with E-state index in [4.69, 9.17) is 17.4 Å². The summed E-state index contributed by atoms with van der Waals surface area (Å²) in [5.41, 5.74) is 5.28. The summed E-state index contributed by atoms with van der Waals surface area (Å²) in [4.78, 5) is 1.33. The van der Waals surface area contributed by atoms with E-state index in [0.29, 0.717) is 10.3 Å². The molecule has 3 rings (SSSR count). The van der Waals surface area contributed by atoms with E-state index >= 15 is 0 Å². The van der Waals surface area contributed by atoms with Crippen molar-refractivity contribution in [2.24, 2.45) is 5.84 Å². The molecule has 1 aliphatic heterocycles. The van der Waals surface area contributed by atoms with Crippen LogP contribution in [0.15, 0.2) is 35.4 Å². The molecule has 1 aliphatic rings. The summed E-state index contributed by atoms with van der Waals surface area (Å²) in [5, 5.41) is 5.31. The quantitative estimate of drug-likeness (QED) is 0.673. The number of nitrogens with one attached hydrogen (secondary N) is 1. The average molecular weight is 309 g/mol. The van der Waals surface area contributed by atoms with Crippen LogP contribution in [0.2, 0.25) is 5.02 Å². The van der Waals surface area contributed by atoms with Gasteiger partial charge >= 0.3 is 0 Å². The first-order chi connectivity index (χ1) is 9.74. The summed E-state index contributed by atoms with van der Waals surface area (Å²) in [6.07, 6.45) is 2.68. The minimum absolute atomic E-state index is 0.0117. The van der Waals surface area contributed by atoms with Gasteiger partial charge in [0.25, 0.3) is 0 Å². The van der Waals surface area contributed by atoms with Crippen LogP contribution in [0.5, 0.6) is 0 Å². The third-order valence-corrected chi connectivity index (χ3v) is 5.34. The lowest BCUT2D eigenvalue weighted by molar-refractivity contribution is 0.479. The smallest absolute Gasteiger partial charge is 0.0835 e. The van der Waals surface area contributed by atoms with Crippen LogP contribution in [-0.4, -0.2) is 15.0 Å². The Labute approximate surface area is 127 Å². The van der Waals surface area contributed by atoms with Crippen LogP contribution in [-0.2, 0) is 13.0 Å². The topological polar surface area (TPSA) is 55.9 Å². The van der Waals surface area contributed by atoms with Gasteiger partial charge in [0.05, 0.1) is 23.0 Å². The molecule has 2 heterocycles. The molecular weight excluding hydrogens is 292 g/mol. The van der Waals surface area contributed by atoms with Crippen molar-refractivity contribution < 1.29 is 0 Å². The van der Waals surface area contributed by atoms with Crippen molar-refractivity contribution in [3.63, 3.8) is 0 Å². The van der Waals surface area contributed by atoms with Crippen molar-refractivity contribution in [1.29, 1.82) is 0 Å². The SMILES string of the molecule is CCn1ncc(Cl)c1C(NN)C1Cc2ccccc2S1. The third kappa shape index (κ3) is 2.35. The highest BCUT2D eigenvalue weighted by Crippen LogP contribution is 2.43. The standard InChI is InChI=1S/C14H17ClN4S/c1-2-19-14(10(15)8-17-19)13(18-16)12-7-9-5-3-4-6-11(9)20-12/h3-6,8,12-13,18H,2,7,16H2,1H3. The number of nitrogens with two attached hydrogens (primary N) is 1. The predicted molar refractivity (Wildman–Crippen MR) is 82.8 cm³/mol. The summed E-state index contributed by atoms with van der Waals surface area (Å²) in [5.74, 6) is 5.81. The van der Waals surface area contributed by atoms with Gasteiger partial charge in [-0.1, -0.05) is 29.8 Å². The van der Waals surface area contributed by atoms with Crippen LogP contribution in [0, 0.1) is 0 Å². The van der Waals surface area contributed by atoms with Gasteiger partial charge in [-0.05, 0) is 25.0 Å². The Morgan fingerprint density at radius 1 is 1.55 bits per heavy atom. The molecule has 2 atom stereocenters. The number of halogens is 1. The van der Waals surface area contributed by atoms with Gasteiger partial charge in [0.2, 0.25) is 0 Å². The Kier molecular flexibility index (Phi) is 4.03. The molecule has 0 radical (unpaired) electrons. The van der Waals surface area contributed by atoms with Crippen molar-refractivity contribution in [3.05, 3.63) is 46.7 Å². The molecule has 0 spiro atoms. The Morgan fingerprint density at radius 3 is 3.05 bits per heavy atom. The maximum Gasteiger partial charge on any atom is 0.0835 e. The van der Waals surface area contributed by atoms with Crippen LogP contribution in [0.3, 0.4) is 0 Å². The molecule has 3 N–H and O–H groups in total. The normalized spacial score (nSPS) is 19.1. The number of hydrazine groups is 1. The van der Waals surface area contributed by atoms with E-state index in [0.717, 1.165) is 18.7 Å². The van der Waals surface area contributed by atoms with Crippen LogP contribution >= 0.6 is 23.4 Å². The Balaban J connectivity index is 1.91. The molecule has 2 aromatic rings.